The van der Waals surface area contributed by atoms with Gasteiger partial charge in [0.1, 0.15) is 6.73 Å². The van der Waals surface area contributed by atoms with Crippen molar-refractivity contribution in [2.45, 2.75) is 19.4 Å². The summed E-state index contributed by atoms with van der Waals surface area (Å²) in [5, 5.41) is 0. The molecule has 1 aromatic rings. The summed E-state index contributed by atoms with van der Waals surface area (Å²) in [5.41, 5.74) is 0.517. The van der Waals surface area contributed by atoms with Crippen molar-refractivity contribution in [1.29, 1.82) is 0 Å². The zero-order valence-electron chi connectivity index (χ0n) is 9.06. The second kappa shape index (κ2) is 3.66. The van der Waals surface area contributed by atoms with Gasteiger partial charge in [-0.2, -0.15) is 0 Å². The molecule has 2 rings (SSSR count). The monoisotopic (exact) mass is 205 g/mol. The molecular formula is C12H15NO2. The highest BCUT2D eigenvalue weighted by Gasteiger charge is 2.36. The zero-order chi connectivity index (χ0) is 10.9. The van der Waals surface area contributed by atoms with Gasteiger partial charge in [-0.25, -0.2) is 0 Å². The molecule has 0 aromatic heterocycles. The largest absolute Gasteiger partial charge is 0.359 e. The van der Waals surface area contributed by atoms with Crippen molar-refractivity contribution in [1.82, 2.24) is 4.90 Å². The van der Waals surface area contributed by atoms with Gasteiger partial charge >= 0.3 is 0 Å². The summed E-state index contributed by atoms with van der Waals surface area (Å²) >= 11 is 0. The third-order valence-electron chi connectivity index (χ3n) is 2.67. The Hall–Kier alpha value is -1.35. The van der Waals surface area contributed by atoms with Gasteiger partial charge in [-0.1, -0.05) is 18.2 Å². The molecule has 0 spiro atoms. The molecule has 1 amide bonds. The second-order valence-electron chi connectivity index (χ2n) is 4.39. The molecule has 0 radical (unpaired) electrons. The van der Waals surface area contributed by atoms with Gasteiger partial charge in [0.25, 0.3) is 5.91 Å². The van der Waals surface area contributed by atoms with Crippen LogP contribution in [0.15, 0.2) is 30.3 Å². The van der Waals surface area contributed by atoms with E-state index in [0.29, 0.717) is 13.3 Å². The molecular weight excluding hydrogens is 190 g/mol. The molecule has 1 heterocycles. The standard InChI is InChI=1S/C12H15NO2/c1-12(2)8-15-9-13(12)11(14)10-6-4-3-5-7-10/h3-7H,8-9H2,1-2H3. The number of carbonyl (C=O) groups is 1. The molecule has 15 heavy (non-hydrogen) atoms. The van der Waals surface area contributed by atoms with Crippen LogP contribution in [0, 0.1) is 0 Å². The van der Waals surface area contributed by atoms with Crippen LogP contribution in [-0.2, 0) is 4.74 Å². The van der Waals surface area contributed by atoms with E-state index in [4.69, 9.17) is 4.74 Å². The van der Waals surface area contributed by atoms with E-state index < -0.39 is 0 Å². The highest BCUT2D eigenvalue weighted by Crippen LogP contribution is 2.23. The molecule has 0 unspecified atom stereocenters. The number of hydrogen-bond donors (Lipinski definition) is 0. The topological polar surface area (TPSA) is 29.5 Å². The molecule has 1 saturated heterocycles. The fraction of sp³-hybridized carbons (Fsp3) is 0.417. The molecule has 0 N–H and O–H groups in total. The first kappa shape index (κ1) is 10.2. The first-order valence-corrected chi connectivity index (χ1v) is 5.06. The van der Waals surface area contributed by atoms with E-state index in [0.717, 1.165) is 5.56 Å². The average Bonchev–Trinajstić information content (AvgIpc) is 2.58. The smallest absolute Gasteiger partial charge is 0.256 e. The van der Waals surface area contributed by atoms with Gasteiger partial charge in [-0.15, -0.1) is 0 Å². The van der Waals surface area contributed by atoms with Crippen LogP contribution in [0.1, 0.15) is 24.2 Å². The average molecular weight is 205 g/mol. The van der Waals surface area contributed by atoms with E-state index in [1.54, 1.807) is 4.90 Å². The normalized spacial score (nSPS) is 19.2. The Morgan fingerprint density at radius 3 is 2.53 bits per heavy atom. The Labute approximate surface area is 89.7 Å². The number of benzene rings is 1. The predicted molar refractivity (Wildman–Crippen MR) is 57.5 cm³/mol. The molecule has 1 aromatic carbocycles. The maximum atomic E-state index is 12.1. The van der Waals surface area contributed by atoms with Crippen LogP contribution < -0.4 is 0 Å². The van der Waals surface area contributed by atoms with Gasteiger partial charge in [0.05, 0.1) is 12.1 Å². The summed E-state index contributed by atoms with van der Waals surface area (Å²) in [7, 11) is 0. The maximum absolute atomic E-state index is 12.1. The molecule has 80 valence electrons. The lowest BCUT2D eigenvalue weighted by Gasteiger charge is -2.29. The molecule has 0 atom stereocenters. The molecule has 0 bridgehead atoms. The Kier molecular flexibility index (Phi) is 2.49. The number of nitrogens with zero attached hydrogens (tertiary/aromatic N) is 1. The van der Waals surface area contributed by atoms with E-state index in [2.05, 4.69) is 0 Å². The lowest BCUT2D eigenvalue weighted by Crippen LogP contribution is -2.44. The van der Waals surface area contributed by atoms with Crippen molar-refractivity contribution in [3.63, 3.8) is 0 Å². The quantitative estimate of drug-likeness (QED) is 0.700. The summed E-state index contributed by atoms with van der Waals surface area (Å²) in [4.78, 5) is 13.9. The minimum Gasteiger partial charge on any atom is -0.359 e. The molecule has 1 fully saturated rings. The number of amides is 1. The second-order valence-corrected chi connectivity index (χ2v) is 4.39. The third-order valence-corrected chi connectivity index (χ3v) is 2.67. The van der Waals surface area contributed by atoms with Gasteiger partial charge in [-0.3, -0.25) is 4.79 Å². The Morgan fingerprint density at radius 1 is 1.33 bits per heavy atom. The van der Waals surface area contributed by atoms with Crippen molar-refractivity contribution < 1.29 is 9.53 Å². The molecule has 3 heteroatoms. The van der Waals surface area contributed by atoms with Crippen LogP contribution in [0.25, 0.3) is 0 Å². The van der Waals surface area contributed by atoms with E-state index in [-0.39, 0.29) is 11.4 Å². The molecule has 1 aliphatic rings. The van der Waals surface area contributed by atoms with Crippen molar-refractivity contribution in [2.24, 2.45) is 0 Å². The highest BCUT2D eigenvalue weighted by atomic mass is 16.5. The van der Waals surface area contributed by atoms with E-state index in [9.17, 15) is 4.79 Å². The summed E-state index contributed by atoms with van der Waals surface area (Å²) in [6.07, 6.45) is 0. The van der Waals surface area contributed by atoms with Crippen molar-refractivity contribution in [3.8, 4) is 0 Å². The minimum atomic E-state index is -0.201. The minimum absolute atomic E-state index is 0.0399. The summed E-state index contributed by atoms with van der Waals surface area (Å²) in [5.74, 6) is 0.0399. The first-order chi connectivity index (χ1) is 7.11. The third kappa shape index (κ3) is 1.88. The van der Waals surface area contributed by atoms with Crippen molar-refractivity contribution in [3.05, 3.63) is 35.9 Å². The predicted octanol–water partition coefficient (Wildman–Crippen LogP) is 1.90. The Bertz CT molecular complexity index is 359. The van der Waals surface area contributed by atoms with E-state index in [1.807, 2.05) is 44.2 Å². The zero-order valence-corrected chi connectivity index (χ0v) is 9.06. The van der Waals surface area contributed by atoms with Crippen LogP contribution >= 0.6 is 0 Å². The molecule has 1 aliphatic heterocycles. The molecule has 3 nitrogen and oxygen atoms in total. The SMILES string of the molecule is CC1(C)COCN1C(=O)c1ccccc1. The lowest BCUT2D eigenvalue weighted by molar-refractivity contribution is 0.0605. The fourth-order valence-corrected chi connectivity index (χ4v) is 1.71. The highest BCUT2D eigenvalue weighted by molar-refractivity contribution is 5.94. The van der Waals surface area contributed by atoms with Crippen LogP contribution in [0.5, 0.6) is 0 Å². The van der Waals surface area contributed by atoms with E-state index in [1.165, 1.54) is 0 Å². The number of hydrogen-bond acceptors (Lipinski definition) is 2. The Morgan fingerprint density at radius 2 is 2.00 bits per heavy atom. The number of rotatable bonds is 1. The number of ether oxygens (including phenoxy) is 1. The first-order valence-electron chi connectivity index (χ1n) is 5.06. The summed E-state index contributed by atoms with van der Waals surface area (Å²) in [6.45, 7) is 5.02. The number of carbonyl (C=O) groups excluding carboxylic acids is 1. The van der Waals surface area contributed by atoms with Gasteiger partial charge in [0, 0.05) is 5.56 Å². The molecule has 0 saturated carbocycles. The summed E-state index contributed by atoms with van der Waals surface area (Å²) in [6, 6.07) is 9.31. The van der Waals surface area contributed by atoms with Crippen molar-refractivity contribution >= 4 is 5.91 Å². The van der Waals surface area contributed by atoms with Crippen molar-refractivity contribution in [2.75, 3.05) is 13.3 Å². The lowest BCUT2D eigenvalue weighted by atomic mass is 10.0. The van der Waals surface area contributed by atoms with Crippen LogP contribution in [-0.4, -0.2) is 29.7 Å². The van der Waals surface area contributed by atoms with Gasteiger partial charge in [0.15, 0.2) is 0 Å². The van der Waals surface area contributed by atoms with Crippen LogP contribution in [0.2, 0.25) is 0 Å². The summed E-state index contributed by atoms with van der Waals surface area (Å²) < 4.78 is 5.32. The Balaban J connectivity index is 2.22. The molecule has 0 aliphatic carbocycles. The van der Waals surface area contributed by atoms with Gasteiger partial charge in [-0.05, 0) is 26.0 Å². The van der Waals surface area contributed by atoms with Crippen LogP contribution in [0.3, 0.4) is 0 Å². The van der Waals surface area contributed by atoms with Gasteiger partial charge < -0.3 is 9.64 Å². The maximum Gasteiger partial charge on any atom is 0.256 e. The van der Waals surface area contributed by atoms with Gasteiger partial charge in [0.2, 0.25) is 0 Å². The fourth-order valence-electron chi connectivity index (χ4n) is 1.71. The van der Waals surface area contributed by atoms with E-state index >= 15 is 0 Å². The van der Waals surface area contributed by atoms with Crippen LogP contribution in [0.4, 0.5) is 0 Å².